The number of anilines is 1. The molecule has 0 bridgehead atoms. The van der Waals surface area contributed by atoms with Crippen molar-refractivity contribution < 1.29 is 4.74 Å². The number of ether oxygens (including phenoxy) is 1. The molecule has 0 amide bonds. The minimum absolute atomic E-state index is 0.691. The molecule has 0 radical (unpaired) electrons. The molecule has 2 aromatic rings. The highest BCUT2D eigenvalue weighted by atomic mass is 32.1. The number of nitrogens with zero attached hydrogens (tertiary/aromatic N) is 1. The molecule has 4 heteroatoms. The molecule has 0 unspecified atom stereocenters. The lowest BCUT2D eigenvalue weighted by Gasteiger charge is -2.05. The molecule has 1 N–H and O–H groups in total. The van der Waals surface area contributed by atoms with Crippen molar-refractivity contribution in [3.8, 4) is 11.3 Å². The monoisotopic (exact) mass is 290 g/mol. The molecule has 0 fully saturated rings. The number of hydrogen-bond acceptors (Lipinski definition) is 4. The fourth-order valence-corrected chi connectivity index (χ4v) is 2.78. The quantitative estimate of drug-likeness (QED) is 0.781. The largest absolute Gasteiger partial charge is 0.383 e. The highest BCUT2D eigenvalue weighted by Gasteiger charge is 2.05. The molecular formula is C16H22N2OS. The molecule has 0 atom stereocenters. The fraction of sp³-hybridized carbons (Fsp3) is 0.438. The van der Waals surface area contributed by atoms with Gasteiger partial charge in [0.1, 0.15) is 0 Å². The van der Waals surface area contributed by atoms with Crippen LogP contribution in [0, 0.1) is 5.92 Å². The van der Waals surface area contributed by atoms with Crippen LogP contribution >= 0.6 is 11.3 Å². The van der Waals surface area contributed by atoms with Crippen LogP contribution in [0.25, 0.3) is 11.3 Å². The third kappa shape index (κ3) is 4.32. The molecule has 3 nitrogen and oxygen atoms in total. The van der Waals surface area contributed by atoms with Crippen LogP contribution in [0.3, 0.4) is 0 Å². The number of methoxy groups -OCH3 is 1. The van der Waals surface area contributed by atoms with Crippen molar-refractivity contribution in [2.75, 3.05) is 25.6 Å². The molecule has 0 aliphatic rings. The summed E-state index contributed by atoms with van der Waals surface area (Å²) in [6, 6.07) is 8.72. The maximum absolute atomic E-state index is 5.01. The van der Waals surface area contributed by atoms with Gasteiger partial charge in [0, 0.05) is 24.6 Å². The average Bonchev–Trinajstić information content (AvgIpc) is 2.88. The first-order valence-corrected chi connectivity index (χ1v) is 7.84. The van der Waals surface area contributed by atoms with Crippen LogP contribution in [0.15, 0.2) is 29.6 Å². The molecule has 2 rings (SSSR count). The maximum Gasteiger partial charge on any atom is 0.183 e. The van der Waals surface area contributed by atoms with Gasteiger partial charge >= 0.3 is 0 Å². The van der Waals surface area contributed by atoms with Gasteiger partial charge in [-0.25, -0.2) is 4.98 Å². The summed E-state index contributed by atoms with van der Waals surface area (Å²) in [6.45, 7) is 5.97. The van der Waals surface area contributed by atoms with Gasteiger partial charge in [-0.1, -0.05) is 38.1 Å². The van der Waals surface area contributed by atoms with Gasteiger partial charge < -0.3 is 10.1 Å². The van der Waals surface area contributed by atoms with Gasteiger partial charge in [-0.05, 0) is 17.9 Å². The van der Waals surface area contributed by atoms with Crippen LogP contribution in [-0.4, -0.2) is 25.2 Å². The SMILES string of the molecule is COCCNc1nc(-c2ccc(CC(C)C)cc2)cs1. The van der Waals surface area contributed by atoms with Crippen LogP contribution in [0.4, 0.5) is 5.13 Å². The minimum atomic E-state index is 0.691. The van der Waals surface area contributed by atoms with Gasteiger partial charge in [-0.2, -0.15) is 0 Å². The van der Waals surface area contributed by atoms with Crippen molar-refractivity contribution in [3.05, 3.63) is 35.2 Å². The van der Waals surface area contributed by atoms with Gasteiger partial charge in [0.15, 0.2) is 5.13 Å². The summed E-state index contributed by atoms with van der Waals surface area (Å²) in [7, 11) is 1.70. The summed E-state index contributed by atoms with van der Waals surface area (Å²) in [5, 5.41) is 6.29. The molecule has 1 aromatic heterocycles. The van der Waals surface area contributed by atoms with E-state index >= 15 is 0 Å². The first-order chi connectivity index (χ1) is 9.69. The first-order valence-electron chi connectivity index (χ1n) is 6.96. The van der Waals surface area contributed by atoms with E-state index in [1.165, 1.54) is 11.1 Å². The zero-order chi connectivity index (χ0) is 14.4. The Labute approximate surface area is 125 Å². The summed E-state index contributed by atoms with van der Waals surface area (Å²) >= 11 is 1.63. The second-order valence-corrected chi connectivity index (χ2v) is 6.11. The number of hydrogen-bond donors (Lipinski definition) is 1. The van der Waals surface area contributed by atoms with E-state index in [0.29, 0.717) is 12.5 Å². The van der Waals surface area contributed by atoms with Crippen molar-refractivity contribution in [1.29, 1.82) is 0 Å². The Morgan fingerprint density at radius 3 is 2.65 bits per heavy atom. The lowest BCUT2D eigenvalue weighted by atomic mass is 10.0. The van der Waals surface area contributed by atoms with Crippen LogP contribution in [0.5, 0.6) is 0 Å². The van der Waals surface area contributed by atoms with Crippen molar-refractivity contribution >= 4 is 16.5 Å². The predicted molar refractivity (Wildman–Crippen MR) is 86.5 cm³/mol. The van der Waals surface area contributed by atoms with E-state index in [1.807, 2.05) is 0 Å². The van der Waals surface area contributed by atoms with E-state index in [-0.39, 0.29) is 0 Å². The zero-order valence-electron chi connectivity index (χ0n) is 12.3. The number of thiazole rings is 1. The lowest BCUT2D eigenvalue weighted by Crippen LogP contribution is -2.06. The summed E-state index contributed by atoms with van der Waals surface area (Å²) in [5.41, 5.74) is 3.59. The van der Waals surface area contributed by atoms with Crippen molar-refractivity contribution in [2.24, 2.45) is 5.92 Å². The van der Waals surface area contributed by atoms with Gasteiger partial charge in [0.2, 0.25) is 0 Å². The predicted octanol–water partition coefficient (Wildman–Crippen LogP) is 4.07. The van der Waals surface area contributed by atoms with Crippen LogP contribution in [0.2, 0.25) is 0 Å². The minimum Gasteiger partial charge on any atom is -0.383 e. The maximum atomic E-state index is 5.01. The van der Waals surface area contributed by atoms with E-state index in [0.717, 1.165) is 23.8 Å². The highest BCUT2D eigenvalue weighted by Crippen LogP contribution is 2.25. The second-order valence-electron chi connectivity index (χ2n) is 5.25. The Kier molecular flexibility index (Phi) is 5.56. The van der Waals surface area contributed by atoms with Gasteiger partial charge in [-0.3, -0.25) is 0 Å². The Bertz CT molecular complexity index is 520. The molecule has 20 heavy (non-hydrogen) atoms. The molecule has 0 saturated heterocycles. The summed E-state index contributed by atoms with van der Waals surface area (Å²) < 4.78 is 5.01. The third-order valence-electron chi connectivity index (χ3n) is 2.98. The normalized spacial score (nSPS) is 11.0. The van der Waals surface area contributed by atoms with E-state index in [4.69, 9.17) is 4.74 Å². The smallest absolute Gasteiger partial charge is 0.183 e. The molecule has 0 aliphatic carbocycles. The van der Waals surface area contributed by atoms with E-state index < -0.39 is 0 Å². The van der Waals surface area contributed by atoms with Crippen molar-refractivity contribution in [3.63, 3.8) is 0 Å². The van der Waals surface area contributed by atoms with Crippen LogP contribution in [-0.2, 0) is 11.2 Å². The summed E-state index contributed by atoms with van der Waals surface area (Å²) in [6.07, 6.45) is 1.13. The Morgan fingerprint density at radius 2 is 2.00 bits per heavy atom. The number of aromatic nitrogens is 1. The molecule has 1 heterocycles. The van der Waals surface area contributed by atoms with Crippen molar-refractivity contribution in [1.82, 2.24) is 4.98 Å². The van der Waals surface area contributed by atoms with Crippen LogP contribution < -0.4 is 5.32 Å². The molecule has 1 aromatic carbocycles. The van der Waals surface area contributed by atoms with Gasteiger partial charge in [-0.15, -0.1) is 11.3 Å². The van der Waals surface area contributed by atoms with E-state index in [2.05, 4.69) is 53.8 Å². The molecule has 0 spiro atoms. The van der Waals surface area contributed by atoms with Crippen LogP contribution in [0.1, 0.15) is 19.4 Å². The van der Waals surface area contributed by atoms with Gasteiger partial charge in [0.25, 0.3) is 0 Å². The number of benzene rings is 1. The molecule has 108 valence electrons. The average molecular weight is 290 g/mol. The Balaban J connectivity index is 2.00. The Morgan fingerprint density at radius 1 is 1.25 bits per heavy atom. The highest BCUT2D eigenvalue weighted by molar-refractivity contribution is 7.14. The standard InChI is InChI=1S/C16H22N2OS/c1-12(2)10-13-4-6-14(7-5-13)15-11-20-16(18-15)17-8-9-19-3/h4-7,11-12H,8-10H2,1-3H3,(H,17,18). The Hall–Kier alpha value is -1.39. The third-order valence-corrected chi connectivity index (χ3v) is 3.78. The van der Waals surface area contributed by atoms with Gasteiger partial charge in [0.05, 0.1) is 12.3 Å². The fourth-order valence-electron chi connectivity index (χ4n) is 2.03. The summed E-state index contributed by atoms with van der Waals surface area (Å²) in [5.74, 6) is 0.691. The van der Waals surface area contributed by atoms with E-state index in [9.17, 15) is 0 Å². The zero-order valence-corrected chi connectivity index (χ0v) is 13.2. The topological polar surface area (TPSA) is 34.1 Å². The first kappa shape index (κ1) is 15.0. The molecule has 0 saturated carbocycles. The van der Waals surface area contributed by atoms with E-state index in [1.54, 1.807) is 18.4 Å². The number of rotatable bonds is 7. The van der Waals surface area contributed by atoms with Crippen molar-refractivity contribution in [2.45, 2.75) is 20.3 Å². The summed E-state index contributed by atoms with van der Waals surface area (Å²) in [4.78, 5) is 4.59. The number of nitrogens with one attached hydrogen (secondary N) is 1. The second kappa shape index (κ2) is 7.41. The molecule has 0 aliphatic heterocycles. The molecular weight excluding hydrogens is 268 g/mol. The lowest BCUT2D eigenvalue weighted by molar-refractivity contribution is 0.211.